The zero-order valence-electron chi connectivity index (χ0n) is 29.0. The van der Waals surface area contributed by atoms with E-state index in [1.807, 2.05) is 0 Å². The fourth-order valence-corrected chi connectivity index (χ4v) is 7.34. The van der Waals surface area contributed by atoms with Crippen molar-refractivity contribution in [3.63, 3.8) is 0 Å². The minimum Gasteiger partial charge on any atom is -0.493 e. The smallest absolute Gasteiger partial charge is 0.145 e. The first-order valence-corrected chi connectivity index (χ1v) is 17.9. The molecule has 6 aromatic rings. The van der Waals surface area contributed by atoms with Crippen LogP contribution >= 0.6 is 0 Å². The van der Waals surface area contributed by atoms with Crippen molar-refractivity contribution in [3.05, 3.63) is 72.8 Å². The van der Waals surface area contributed by atoms with E-state index >= 15 is 0 Å². The van der Waals surface area contributed by atoms with E-state index in [0.717, 1.165) is 48.6 Å². The molecule has 0 saturated heterocycles. The standard InChI is InChI=1S/C41H50B2N2O/c1-5-9-13-27(7-3)25-45-40-36-24-31(43)19-21-34(36)33-20-18-30(42)23-35(33)39(40)44-41(45)38-32-16-12-11-15-29(32)17-22-37(38)46-26-28(8-4)14-10-6-2/h11-12,15-24,27-28H,5-10,13-14,25-26,42-43H2,1-4H3. The van der Waals surface area contributed by atoms with Crippen LogP contribution < -0.4 is 15.7 Å². The van der Waals surface area contributed by atoms with Crippen molar-refractivity contribution in [1.29, 1.82) is 0 Å². The van der Waals surface area contributed by atoms with E-state index < -0.39 is 0 Å². The van der Waals surface area contributed by atoms with Crippen LogP contribution in [0.25, 0.3) is 54.7 Å². The summed E-state index contributed by atoms with van der Waals surface area (Å²) in [5, 5.41) is 7.55. The fraction of sp³-hybridized carbons (Fsp3) is 0.390. The van der Waals surface area contributed by atoms with E-state index in [1.165, 1.54) is 87.3 Å². The second kappa shape index (κ2) is 14.4. The van der Waals surface area contributed by atoms with Gasteiger partial charge in [-0.3, -0.25) is 0 Å². The highest BCUT2D eigenvalue weighted by molar-refractivity contribution is 6.37. The molecule has 0 radical (unpaired) electrons. The summed E-state index contributed by atoms with van der Waals surface area (Å²) in [4.78, 5) is 5.69. The minimum atomic E-state index is 0.551. The zero-order valence-corrected chi connectivity index (χ0v) is 29.0. The maximum absolute atomic E-state index is 6.86. The first-order chi connectivity index (χ1) is 22.5. The third kappa shape index (κ3) is 6.31. The van der Waals surface area contributed by atoms with Crippen LogP contribution in [0, 0.1) is 11.8 Å². The summed E-state index contributed by atoms with van der Waals surface area (Å²) in [7, 11) is 4.40. The molecule has 0 saturated carbocycles. The third-order valence-corrected chi connectivity index (χ3v) is 10.2. The molecule has 5 heteroatoms. The molecule has 0 aliphatic rings. The van der Waals surface area contributed by atoms with E-state index in [1.54, 1.807) is 0 Å². The van der Waals surface area contributed by atoms with E-state index in [2.05, 4.69) is 121 Å². The van der Waals surface area contributed by atoms with Gasteiger partial charge in [-0.2, -0.15) is 0 Å². The summed E-state index contributed by atoms with van der Waals surface area (Å²) in [6, 6.07) is 27.0. The molecule has 0 fully saturated rings. The molecular weight excluding hydrogens is 558 g/mol. The molecule has 3 nitrogen and oxygen atoms in total. The maximum Gasteiger partial charge on any atom is 0.145 e. The van der Waals surface area contributed by atoms with Crippen molar-refractivity contribution >= 4 is 70.0 Å². The van der Waals surface area contributed by atoms with Gasteiger partial charge in [0.15, 0.2) is 0 Å². The van der Waals surface area contributed by atoms with Gasteiger partial charge < -0.3 is 9.30 Å². The number of benzene rings is 5. The van der Waals surface area contributed by atoms with Crippen LogP contribution in [-0.4, -0.2) is 31.9 Å². The lowest BCUT2D eigenvalue weighted by molar-refractivity contribution is 0.234. The highest BCUT2D eigenvalue weighted by atomic mass is 16.5. The van der Waals surface area contributed by atoms with Crippen molar-refractivity contribution in [3.8, 4) is 17.1 Å². The number of unbranched alkanes of at least 4 members (excludes halogenated alkanes) is 2. The summed E-state index contributed by atoms with van der Waals surface area (Å²) < 4.78 is 9.45. The number of rotatable bonds is 14. The van der Waals surface area contributed by atoms with Crippen LogP contribution in [0.15, 0.2) is 72.8 Å². The predicted octanol–water partition coefficient (Wildman–Crippen LogP) is 8.49. The monoisotopic (exact) mass is 608 g/mol. The van der Waals surface area contributed by atoms with E-state index in [9.17, 15) is 0 Å². The first kappa shape index (κ1) is 32.2. The highest BCUT2D eigenvalue weighted by Crippen LogP contribution is 2.43. The number of hydrogen-bond donors (Lipinski definition) is 0. The Bertz CT molecular complexity index is 1980. The van der Waals surface area contributed by atoms with E-state index in [0.29, 0.717) is 11.8 Å². The Hall–Kier alpha value is -3.72. The summed E-state index contributed by atoms with van der Waals surface area (Å²) in [6.45, 7) is 10.9. The van der Waals surface area contributed by atoms with Crippen LogP contribution in [0.1, 0.15) is 79.1 Å². The molecule has 0 spiro atoms. The van der Waals surface area contributed by atoms with E-state index in [-0.39, 0.29) is 0 Å². The van der Waals surface area contributed by atoms with Crippen molar-refractivity contribution in [2.45, 2.75) is 85.6 Å². The van der Waals surface area contributed by atoms with Crippen LogP contribution in [0.5, 0.6) is 5.75 Å². The molecule has 2 unspecified atom stereocenters. The van der Waals surface area contributed by atoms with Crippen LogP contribution in [0.3, 0.4) is 0 Å². The lowest BCUT2D eigenvalue weighted by Crippen LogP contribution is -2.14. The second-order valence-electron chi connectivity index (χ2n) is 13.6. The Kier molecular flexibility index (Phi) is 10.1. The molecule has 0 amide bonds. The summed E-state index contributed by atoms with van der Waals surface area (Å²) in [6.07, 6.45) is 9.66. The van der Waals surface area contributed by atoms with Crippen molar-refractivity contribution in [2.24, 2.45) is 11.8 Å². The quantitative estimate of drug-likeness (QED) is 0.0917. The van der Waals surface area contributed by atoms with Crippen molar-refractivity contribution in [2.75, 3.05) is 6.61 Å². The van der Waals surface area contributed by atoms with Gasteiger partial charge in [-0.1, -0.05) is 144 Å². The number of ether oxygens (including phenoxy) is 1. The van der Waals surface area contributed by atoms with Gasteiger partial charge in [-0.15, -0.1) is 0 Å². The van der Waals surface area contributed by atoms with Crippen LogP contribution in [0.2, 0.25) is 0 Å². The van der Waals surface area contributed by atoms with Gasteiger partial charge >= 0.3 is 0 Å². The Labute approximate surface area is 277 Å². The van der Waals surface area contributed by atoms with Gasteiger partial charge in [0.2, 0.25) is 0 Å². The third-order valence-electron chi connectivity index (χ3n) is 10.2. The van der Waals surface area contributed by atoms with Gasteiger partial charge in [0, 0.05) is 17.3 Å². The van der Waals surface area contributed by atoms with Crippen molar-refractivity contribution in [1.82, 2.24) is 9.55 Å². The summed E-state index contributed by atoms with van der Waals surface area (Å²) >= 11 is 0. The average molecular weight is 608 g/mol. The van der Waals surface area contributed by atoms with Gasteiger partial charge in [0.05, 0.1) is 23.2 Å². The molecule has 0 aliphatic heterocycles. The summed E-state index contributed by atoms with van der Waals surface area (Å²) in [5.41, 5.74) is 6.03. The minimum absolute atomic E-state index is 0.551. The predicted molar refractivity (Wildman–Crippen MR) is 206 cm³/mol. The molecule has 2 atom stereocenters. The molecule has 1 heterocycles. The Balaban J connectivity index is 1.68. The number of imidazole rings is 1. The van der Waals surface area contributed by atoms with Crippen molar-refractivity contribution < 1.29 is 4.74 Å². The van der Waals surface area contributed by atoms with E-state index in [4.69, 9.17) is 9.72 Å². The molecule has 0 N–H and O–H groups in total. The fourth-order valence-electron chi connectivity index (χ4n) is 7.34. The Morgan fingerprint density at radius 3 is 2.04 bits per heavy atom. The van der Waals surface area contributed by atoms with Gasteiger partial charge in [-0.25, -0.2) is 4.98 Å². The molecule has 0 bridgehead atoms. The summed E-state index contributed by atoms with van der Waals surface area (Å²) in [5.74, 6) is 3.11. The maximum atomic E-state index is 6.86. The number of fused-ring (bicyclic) bond motifs is 7. The van der Waals surface area contributed by atoms with Gasteiger partial charge in [0.1, 0.15) is 27.3 Å². The Morgan fingerprint density at radius 2 is 1.35 bits per heavy atom. The lowest BCUT2D eigenvalue weighted by atomic mass is 9.88. The topological polar surface area (TPSA) is 27.1 Å². The molecule has 1 aromatic heterocycles. The molecule has 236 valence electrons. The van der Waals surface area contributed by atoms with Crippen LogP contribution in [0.4, 0.5) is 0 Å². The van der Waals surface area contributed by atoms with Gasteiger partial charge in [-0.05, 0) is 52.3 Å². The van der Waals surface area contributed by atoms with Crippen LogP contribution in [-0.2, 0) is 6.54 Å². The molecule has 5 aromatic carbocycles. The molecule has 6 rings (SSSR count). The number of nitrogens with zero attached hydrogens (tertiary/aromatic N) is 2. The normalized spacial score (nSPS) is 13.2. The lowest BCUT2D eigenvalue weighted by Gasteiger charge is -2.22. The average Bonchev–Trinajstić information content (AvgIpc) is 3.45. The molecule has 46 heavy (non-hydrogen) atoms. The SMILES string of the molecule is Bc1ccc2c3ccc(B)cc3c3c(nc(-c4c(OCC(CC)CCCC)ccc5ccccc45)n3CC(CC)CCCC)c2c1. The molecule has 0 aliphatic carbocycles. The second-order valence-corrected chi connectivity index (χ2v) is 13.6. The molecular formula is C41H50B2N2O. The first-order valence-electron chi connectivity index (χ1n) is 17.9. The largest absolute Gasteiger partial charge is 0.493 e. The zero-order chi connectivity index (χ0) is 32.2. The highest BCUT2D eigenvalue weighted by Gasteiger charge is 2.25. The number of aromatic nitrogens is 2. The Morgan fingerprint density at radius 1 is 0.696 bits per heavy atom. The number of hydrogen-bond acceptors (Lipinski definition) is 2. The van der Waals surface area contributed by atoms with Gasteiger partial charge in [0.25, 0.3) is 0 Å².